The highest BCUT2D eigenvalue weighted by Crippen LogP contribution is 2.16. The highest BCUT2D eigenvalue weighted by Gasteiger charge is 2.17. The molecule has 128 valence electrons. The zero-order valence-electron chi connectivity index (χ0n) is 14.2. The van der Waals surface area contributed by atoms with Gasteiger partial charge in [-0.05, 0) is 32.4 Å². The molecule has 3 aromatic rings. The van der Waals surface area contributed by atoms with Crippen molar-refractivity contribution in [3.8, 4) is 0 Å². The molecular weight excluding hydrogens is 308 g/mol. The molecule has 0 aliphatic carbocycles. The summed E-state index contributed by atoms with van der Waals surface area (Å²) in [7, 11) is 0. The van der Waals surface area contributed by atoms with Crippen LogP contribution in [0.1, 0.15) is 45.0 Å². The number of aryl methyl sites for hydroxylation is 1. The highest BCUT2D eigenvalue weighted by atomic mass is 16.5. The fraction of sp³-hybridized carbons (Fsp3) is 0.471. The lowest BCUT2D eigenvalue weighted by molar-refractivity contribution is 0.0683. The molecule has 0 saturated heterocycles. The van der Waals surface area contributed by atoms with Crippen LogP contribution in [0.3, 0.4) is 0 Å². The second-order valence-electron chi connectivity index (χ2n) is 5.65. The van der Waals surface area contributed by atoms with Gasteiger partial charge in [-0.15, -0.1) is 0 Å². The number of para-hydroxylation sites is 2. The van der Waals surface area contributed by atoms with Crippen LogP contribution in [0.4, 0.5) is 0 Å². The van der Waals surface area contributed by atoms with Gasteiger partial charge in [0.2, 0.25) is 5.89 Å². The van der Waals surface area contributed by atoms with Crippen LogP contribution in [0.15, 0.2) is 33.6 Å². The highest BCUT2D eigenvalue weighted by molar-refractivity contribution is 5.76. The summed E-state index contributed by atoms with van der Waals surface area (Å²) in [6.45, 7) is 7.36. The molecule has 2 aromatic heterocycles. The van der Waals surface area contributed by atoms with Crippen molar-refractivity contribution in [2.45, 2.75) is 46.4 Å². The minimum absolute atomic E-state index is 0.0596. The number of benzene rings is 1. The Morgan fingerprint density at radius 3 is 2.58 bits per heavy atom. The van der Waals surface area contributed by atoms with E-state index in [0.717, 1.165) is 17.5 Å². The molecule has 0 radical (unpaired) electrons. The fourth-order valence-corrected chi connectivity index (χ4v) is 2.82. The molecule has 1 atom stereocenters. The first-order chi connectivity index (χ1) is 11.7. The van der Waals surface area contributed by atoms with Crippen molar-refractivity contribution in [2.24, 2.45) is 0 Å². The smallest absolute Gasteiger partial charge is 0.329 e. The van der Waals surface area contributed by atoms with Crippen molar-refractivity contribution in [3.05, 3.63) is 46.5 Å². The average molecular weight is 330 g/mol. The van der Waals surface area contributed by atoms with Crippen molar-refractivity contribution < 1.29 is 9.26 Å². The quantitative estimate of drug-likeness (QED) is 0.666. The molecule has 0 aliphatic heterocycles. The van der Waals surface area contributed by atoms with Crippen molar-refractivity contribution in [1.29, 1.82) is 0 Å². The van der Waals surface area contributed by atoms with Crippen LogP contribution >= 0.6 is 0 Å². The molecule has 0 amide bonds. The third-order valence-corrected chi connectivity index (χ3v) is 3.93. The van der Waals surface area contributed by atoms with Crippen LogP contribution in [-0.4, -0.2) is 25.9 Å². The van der Waals surface area contributed by atoms with Crippen molar-refractivity contribution in [1.82, 2.24) is 19.3 Å². The molecule has 1 unspecified atom stereocenters. The van der Waals surface area contributed by atoms with Gasteiger partial charge in [-0.25, -0.2) is 4.79 Å². The summed E-state index contributed by atoms with van der Waals surface area (Å²) in [5, 5.41) is 3.95. The van der Waals surface area contributed by atoms with Crippen LogP contribution < -0.4 is 5.69 Å². The van der Waals surface area contributed by atoms with Gasteiger partial charge in [0.15, 0.2) is 5.82 Å². The molecule has 0 aliphatic rings. The van der Waals surface area contributed by atoms with Gasteiger partial charge in [0, 0.05) is 13.2 Å². The van der Waals surface area contributed by atoms with Crippen molar-refractivity contribution in [3.63, 3.8) is 0 Å². The number of ether oxygens (including phenoxy) is 1. The molecule has 0 saturated carbocycles. The predicted octanol–water partition coefficient (Wildman–Crippen LogP) is 2.74. The molecule has 0 fully saturated rings. The van der Waals surface area contributed by atoms with E-state index >= 15 is 0 Å². The Morgan fingerprint density at radius 1 is 1.21 bits per heavy atom. The van der Waals surface area contributed by atoms with E-state index in [2.05, 4.69) is 17.1 Å². The molecular formula is C17H22N4O3. The first-order valence-electron chi connectivity index (χ1n) is 8.27. The second-order valence-corrected chi connectivity index (χ2v) is 5.65. The molecule has 0 N–H and O–H groups in total. The minimum atomic E-state index is -0.231. The van der Waals surface area contributed by atoms with Gasteiger partial charge in [-0.1, -0.05) is 24.2 Å². The summed E-state index contributed by atoms with van der Waals surface area (Å²) >= 11 is 0. The van der Waals surface area contributed by atoms with Gasteiger partial charge in [-0.2, -0.15) is 4.98 Å². The second kappa shape index (κ2) is 7.00. The zero-order chi connectivity index (χ0) is 17.1. The maximum absolute atomic E-state index is 12.7. The SMILES string of the molecule is CCCn1c(=O)n(Cc2nc(C(C)OCC)no2)c2ccccc21. The molecule has 7 nitrogen and oxygen atoms in total. The number of fused-ring (bicyclic) bond motifs is 1. The van der Waals surface area contributed by atoms with Gasteiger partial charge < -0.3 is 9.26 Å². The summed E-state index contributed by atoms with van der Waals surface area (Å²) in [6.07, 6.45) is 0.662. The molecule has 0 bridgehead atoms. The Bertz CT molecular complexity index is 877. The van der Waals surface area contributed by atoms with Crippen molar-refractivity contribution >= 4 is 11.0 Å². The maximum atomic E-state index is 12.7. The van der Waals surface area contributed by atoms with E-state index in [1.807, 2.05) is 38.1 Å². The molecule has 0 spiro atoms. The van der Waals surface area contributed by atoms with Gasteiger partial charge in [0.1, 0.15) is 12.6 Å². The Hall–Kier alpha value is -2.41. The molecule has 24 heavy (non-hydrogen) atoms. The predicted molar refractivity (Wildman–Crippen MR) is 89.9 cm³/mol. The number of aromatic nitrogens is 4. The molecule has 3 rings (SSSR count). The molecule has 2 heterocycles. The Balaban J connectivity index is 1.96. The lowest BCUT2D eigenvalue weighted by Gasteiger charge is -2.04. The monoisotopic (exact) mass is 330 g/mol. The van der Waals surface area contributed by atoms with E-state index < -0.39 is 0 Å². The van der Waals surface area contributed by atoms with Crippen LogP contribution in [0.2, 0.25) is 0 Å². The average Bonchev–Trinajstić information content (AvgIpc) is 3.15. The first kappa shape index (κ1) is 16.4. The topological polar surface area (TPSA) is 75.1 Å². The van der Waals surface area contributed by atoms with E-state index in [0.29, 0.717) is 24.9 Å². The Kier molecular flexibility index (Phi) is 4.80. The minimum Gasteiger partial charge on any atom is -0.371 e. The molecule has 1 aromatic carbocycles. The lowest BCUT2D eigenvalue weighted by atomic mass is 10.3. The van der Waals surface area contributed by atoms with E-state index in [4.69, 9.17) is 9.26 Å². The number of hydrogen-bond acceptors (Lipinski definition) is 5. The normalized spacial score (nSPS) is 12.8. The fourth-order valence-electron chi connectivity index (χ4n) is 2.82. The van der Waals surface area contributed by atoms with Gasteiger partial charge in [0.25, 0.3) is 0 Å². The van der Waals surface area contributed by atoms with Crippen molar-refractivity contribution in [2.75, 3.05) is 6.61 Å². The van der Waals surface area contributed by atoms with Gasteiger partial charge in [0.05, 0.1) is 11.0 Å². The standard InChI is InChI=1S/C17H22N4O3/c1-4-10-20-13-8-6-7-9-14(13)21(17(20)22)11-15-18-16(19-24-15)12(3)23-5-2/h6-9,12H,4-5,10-11H2,1-3H3. The summed E-state index contributed by atoms with van der Waals surface area (Å²) in [5.41, 5.74) is 1.73. The molecule has 7 heteroatoms. The number of nitrogens with zero attached hydrogens (tertiary/aromatic N) is 4. The zero-order valence-corrected chi connectivity index (χ0v) is 14.2. The summed E-state index contributed by atoms with van der Waals surface area (Å²) in [5.74, 6) is 0.898. The summed E-state index contributed by atoms with van der Waals surface area (Å²) in [4.78, 5) is 17.1. The summed E-state index contributed by atoms with van der Waals surface area (Å²) in [6, 6.07) is 7.75. The van der Waals surface area contributed by atoms with E-state index in [1.54, 1.807) is 9.13 Å². The van der Waals surface area contributed by atoms with E-state index in [-0.39, 0.29) is 18.3 Å². The number of hydrogen-bond donors (Lipinski definition) is 0. The van der Waals surface area contributed by atoms with Crippen LogP contribution in [0.25, 0.3) is 11.0 Å². The third-order valence-electron chi connectivity index (χ3n) is 3.93. The van der Waals surface area contributed by atoms with E-state index in [1.165, 1.54) is 0 Å². The van der Waals surface area contributed by atoms with Crippen LogP contribution in [-0.2, 0) is 17.8 Å². The Labute approximate surface area is 139 Å². The van der Waals surface area contributed by atoms with Crippen LogP contribution in [0.5, 0.6) is 0 Å². The largest absolute Gasteiger partial charge is 0.371 e. The Morgan fingerprint density at radius 2 is 1.92 bits per heavy atom. The third kappa shape index (κ3) is 2.99. The number of rotatable bonds is 7. The number of imidazole rings is 1. The van der Waals surface area contributed by atoms with Gasteiger partial charge in [-0.3, -0.25) is 9.13 Å². The maximum Gasteiger partial charge on any atom is 0.329 e. The lowest BCUT2D eigenvalue weighted by Crippen LogP contribution is -2.24. The first-order valence-corrected chi connectivity index (χ1v) is 8.27. The van der Waals surface area contributed by atoms with E-state index in [9.17, 15) is 4.79 Å². The van der Waals surface area contributed by atoms with Gasteiger partial charge >= 0.3 is 5.69 Å². The summed E-state index contributed by atoms with van der Waals surface area (Å²) < 4.78 is 14.2. The van der Waals surface area contributed by atoms with Crippen LogP contribution in [0, 0.1) is 0 Å².